The van der Waals surface area contributed by atoms with Gasteiger partial charge in [-0.05, 0) is 97.2 Å². The van der Waals surface area contributed by atoms with Gasteiger partial charge in [-0.15, -0.1) is 0 Å². The van der Waals surface area contributed by atoms with E-state index in [9.17, 15) is 0 Å². The Morgan fingerprint density at radius 2 is 1.10 bits per heavy atom. The first-order valence-corrected chi connectivity index (χ1v) is 18.2. The average molecular weight is 550 g/mol. The summed E-state index contributed by atoms with van der Waals surface area (Å²) in [6.07, 6.45) is 21.9. The van der Waals surface area contributed by atoms with Crippen molar-refractivity contribution >= 4 is 31.8 Å². The number of hydrogen-bond donors (Lipinski definition) is 0. The average Bonchev–Trinajstić information content (AvgIpc) is 3.50. The standard InChI is InChI=1S/C37H43P2/c1-29(38(30-17-6-2-7-18-30)31-19-8-3-9-20-31)34-26-16-27-35(34)36-25-14-15-28-37(36)39(32-21-10-4-11-22-32)33-23-12-5-13-24-33/h4-5,10-16,21-31H,2-3,6-9,17-20H2,1H3. The highest BCUT2D eigenvalue weighted by molar-refractivity contribution is 7.80. The third-order valence-corrected chi connectivity index (χ3v) is 15.6. The Morgan fingerprint density at radius 1 is 0.590 bits per heavy atom. The monoisotopic (exact) mass is 549 g/mol. The van der Waals surface area contributed by atoms with Crippen LogP contribution in [0.3, 0.4) is 0 Å². The lowest BCUT2D eigenvalue weighted by atomic mass is 9.87. The lowest BCUT2D eigenvalue weighted by Gasteiger charge is -2.45. The van der Waals surface area contributed by atoms with Crippen molar-refractivity contribution in [2.24, 2.45) is 0 Å². The van der Waals surface area contributed by atoms with Crippen LogP contribution in [0.1, 0.15) is 76.7 Å². The van der Waals surface area contributed by atoms with Crippen LogP contribution in [0.4, 0.5) is 0 Å². The Hall–Kier alpha value is -1.48. The first-order valence-electron chi connectivity index (χ1n) is 15.3. The third-order valence-electron chi connectivity index (χ3n) is 9.20. The van der Waals surface area contributed by atoms with E-state index >= 15 is 0 Å². The molecule has 0 aromatic heterocycles. The van der Waals surface area contributed by atoms with E-state index in [1.807, 2.05) is 0 Å². The molecular formula is C37H43P2. The van der Waals surface area contributed by atoms with Crippen molar-refractivity contribution < 1.29 is 0 Å². The maximum Gasteiger partial charge on any atom is 0.0171 e. The van der Waals surface area contributed by atoms with Gasteiger partial charge in [0, 0.05) is 5.92 Å². The summed E-state index contributed by atoms with van der Waals surface area (Å²) in [5.41, 5.74) is 4.06. The predicted molar refractivity (Wildman–Crippen MR) is 174 cm³/mol. The zero-order valence-corrected chi connectivity index (χ0v) is 25.3. The van der Waals surface area contributed by atoms with Crippen molar-refractivity contribution in [1.82, 2.24) is 0 Å². The summed E-state index contributed by atoms with van der Waals surface area (Å²) in [7, 11) is -0.660. The minimum Gasteiger partial charge on any atom is -0.0968 e. The second-order valence-electron chi connectivity index (χ2n) is 11.6. The van der Waals surface area contributed by atoms with Crippen LogP contribution in [0, 0.1) is 31.1 Å². The molecule has 201 valence electrons. The van der Waals surface area contributed by atoms with E-state index in [2.05, 4.69) is 111 Å². The normalized spacial score (nSPS) is 21.1. The summed E-state index contributed by atoms with van der Waals surface area (Å²) in [6.45, 7) is 2.62. The molecule has 3 aromatic rings. The lowest BCUT2D eigenvalue weighted by molar-refractivity contribution is 0.481. The van der Waals surface area contributed by atoms with E-state index in [-0.39, 0.29) is 7.92 Å². The number of hydrogen-bond acceptors (Lipinski definition) is 0. The van der Waals surface area contributed by atoms with Crippen molar-refractivity contribution in [1.29, 1.82) is 0 Å². The van der Waals surface area contributed by atoms with Crippen LogP contribution >= 0.6 is 15.8 Å². The molecule has 39 heavy (non-hydrogen) atoms. The molecule has 0 heterocycles. The molecule has 6 rings (SSSR count). The van der Waals surface area contributed by atoms with Gasteiger partial charge in [-0.1, -0.05) is 138 Å². The quantitative estimate of drug-likeness (QED) is 0.246. The minimum absolute atomic E-state index is 0.0227. The van der Waals surface area contributed by atoms with Crippen LogP contribution in [0.25, 0.3) is 0 Å². The molecule has 3 aliphatic rings. The van der Waals surface area contributed by atoms with Crippen molar-refractivity contribution in [2.45, 2.75) is 88.1 Å². The Bertz CT molecular complexity index is 1090. The van der Waals surface area contributed by atoms with Gasteiger partial charge >= 0.3 is 0 Å². The largest absolute Gasteiger partial charge is 0.0968 e. The zero-order chi connectivity index (χ0) is 26.4. The van der Waals surface area contributed by atoms with Gasteiger partial charge in [-0.3, -0.25) is 0 Å². The second kappa shape index (κ2) is 13.5. The lowest BCUT2D eigenvalue weighted by Crippen LogP contribution is -2.31. The van der Waals surface area contributed by atoms with Crippen LogP contribution in [0.15, 0.2) is 84.9 Å². The van der Waals surface area contributed by atoms with Gasteiger partial charge < -0.3 is 0 Å². The first kappa shape index (κ1) is 27.7. The minimum atomic E-state index is -0.637. The summed E-state index contributed by atoms with van der Waals surface area (Å²) in [5, 5.41) is 4.35. The highest BCUT2D eigenvalue weighted by atomic mass is 31.1. The van der Waals surface area contributed by atoms with Gasteiger partial charge in [0.15, 0.2) is 0 Å². The zero-order valence-electron chi connectivity index (χ0n) is 23.5. The van der Waals surface area contributed by atoms with E-state index in [4.69, 9.17) is 0 Å². The van der Waals surface area contributed by atoms with E-state index < -0.39 is 7.92 Å². The molecule has 0 saturated heterocycles. The van der Waals surface area contributed by atoms with Gasteiger partial charge in [0.2, 0.25) is 0 Å². The molecule has 3 aliphatic carbocycles. The van der Waals surface area contributed by atoms with Crippen LogP contribution < -0.4 is 15.9 Å². The molecule has 3 aromatic carbocycles. The van der Waals surface area contributed by atoms with Crippen LogP contribution in [0.2, 0.25) is 0 Å². The van der Waals surface area contributed by atoms with E-state index in [1.165, 1.54) is 91.6 Å². The predicted octanol–water partition coefficient (Wildman–Crippen LogP) is 9.10. The summed E-state index contributed by atoms with van der Waals surface area (Å²) in [6, 6.07) is 31.7. The molecule has 0 spiro atoms. The number of rotatable bonds is 8. The van der Waals surface area contributed by atoms with Crippen molar-refractivity contribution in [3.8, 4) is 0 Å². The molecule has 1 unspecified atom stereocenters. The molecule has 2 heteroatoms. The Morgan fingerprint density at radius 3 is 1.67 bits per heavy atom. The second-order valence-corrected chi connectivity index (χ2v) is 16.9. The summed E-state index contributed by atoms with van der Waals surface area (Å²) < 4.78 is 0. The Kier molecular flexibility index (Phi) is 9.55. The Labute approximate surface area is 240 Å². The molecule has 0 bridgehead atoms. The SMILES string of the molecule is CC([C]1[CH][CH][CH][C]1c1ccccc1P(c1ccccc1)c1ccccc1)P(C1CCCCC1)C1CCCCC1. The molecule has 3 saturated carbocycles. The molecular weight excluding hydrogens is 506 g/mol. The highest BCUT2D eigenvalue weighted by Gasteiger charge is 2.43. The summed E-state index contributed by atoms with van der Waals surface area (Å²) in [4.78, 5) is 0. The Balaban J connectivity index is 1.36. The van der Waals surface area contributed by atoms with E-state index in [0.29, 0.717) is 5.66 Å². The fourth-order valence-electron chi connectivity index (χ4n) is 7.37. The van der Waals surface area contributed by atoms with Crippen LogP contribution in [-0.2, 0) is 0 Å². The maximum atomic E-state index is 2.62. The van der Waals surface area contributed by atoms with E-state index in [0.717, 1.165) is 11.3 Å². The third kappa shape index (κ3) is 6.24. The fourth-order valence-corrected chi connectivity index (χ4v) is 14.2. The highest BCUT2D eigenvalue weighted by Crippen LogP contribution is 2.63. The molecule has 1 atom stereocenters. The fraction of sp³-hybridized carbons (Fsp3) is 0.378. The molecule has 0 aliphatic heterocycles. The first-order chi connectivity index (χ1) is 19.3. The van der Waals surface area contributed by atoms with Crippen molar-refractivity contribution in [3.05, 3.63) is 122 Å². The van der Waals surface area contributed by atoms with Gasteiger partial charge in [0.1, 0.15) is 0 Å². The van der Waals surface area contributed by atoms with Gasteiger partial charge in [0.25, 0.3) is 0 Å². The molecule has 3 fully saturated rings. The van der Waals surface area contributed by atoms with E-state index in [1.54, 1.807) is 5.92 Å². The summed E-state index contributed by atoms with van der Waals surface area (Å²) in [5.74, 6) is 3.12. The van der Waals surface area contributed by atoms with Gasteiger partial charge in [0.05, 0.1) is 0 Å². The topological polar surface area (TPSA) is 0 Å². The van der Waals surface area contributed by atoms with Crippen molar-refractivity contribution in [2.75, 3.05) is 0 Å². The molecule has 5 radical (unpaired) electrons. The molecule has 0 N–H and O–H groups in total. The maximum absolute atomic E-state index is 2.62. The van der Waals surface area contributed by atoms with Gasteiger partial charge in [-0.25, -0.2) is 0 Å². The van der Waals surface area contributed by atoms with Crippen LogP contribution in [-0.4, -0.2) is 17.0 Å². The van der Waals surface area contributed by atoms with Crippen LogP contribution in [0.5, 0.6) is 0 Å². The smallest absolute Gasteiger partial charge is 0.0171 e. The summed E-state index contributed by atoms with van der Waals surface area (Å²) >= 11 is 0. The molecule has 0 nitrogen and oxygen atoms in total. The van der Waals surface area contributed by atoms with Crippen molar-refractivity contribution in [3.63, 3.8) is 0 Å². The van der Waals surface area contributed by atoms with Gasteiger partial charge in [-0.2, -0.15) is 0 Å². The number of benzene rings is 3. The molecule has 0 amide bonds.